The molecule has 0 bridgehead atoms. The average Bonchev–Trinajstić information content (AvgIpc) is 2.68. The van der Waals surface area contributed by atoms with Gasteiger partial charge in [0, 0.05) is 33.4 Å². The van der Waals surface area contributed by atoms with Crippen LogP contribution in [0.5, 0.6) is 0 Å². The van der Waals surface area contributed by atoms with Gasteiger partial charge in [0.1, 0.15) is 0 Å². The molecule has 3 nitrogen and oxygen atoms in total. The zero-order chi connectivity index (χ0) is 11.6. The summed E-state index contributed by atoms with van der Waals surface area (Å²) in [6.45, 7) is 6.33. The third-order valence-electron chi connectivity index (χ3n) is 2.34. The quantitative estimate of drug-likeness (QED) is 0.674. The number of methoxy groups -OCH3 is 1. The topological polar surface area (TPSA) is 30.5 Å². The van der Waals surface area contributed by atoms with Crippen LogP contribution in [0.4, 0.5) is 0 Å². The largest absolute Gasteiger partial charge is 0.385 e. The number of hydrogen-bond acceptors (Lipinski definition) is 4. The van der Waals surface area contributed by atoms with Gasteiger partial charge >= 0.3 is 0 Å². The van der Waals surface area contributed by atoms with E-state index in [0.29, 0.717) is 0 Å². The molecular weight excluding hydrogens is 222 g/mol. The molecule has 0 aliphatic rings. The fourth-order valence-electron chi connectivity index (χ4n) is 1.34. The van der Waals surface area contributed by atoms with E-state index in [-0.39, 0.29) is 0 Å². The minimum atomic E-state index is 0.771. The zero-order valence-corrected chi connectivity index (χ0v) is 10.9. The second kappa shape index (κ2) is 8.70. The maximum atomic E-state index is 5.45. The van der Waals surface area contributed by atoms with Gasteiger partial charge in [-0.2, -0.15) is 11.3 Å². The van der Waals surface area contributed by atoms with E-state index in [1.807, 2.05) is 0 Å². The van der Waals surface area contributed by atoms with Gasteiger partial charge in [0.2, 0.25) is 0 Å². The molecule has 0 saturated carbocycles. The standard InChI is InChI=1S/C12H21NO2S/c1-11-9-16-10-12(11)8-13-4-7-15-6-3-5-14-2/h9-10,13H,3-8H2,1-2H3. The molecule has 0 amide bonds. The van der Waals surface area contributed by atoms with Crippen LogP contribution in [0.15, 0.2) is 10.8 Å². The monoisotopic (exact) mass is 243 g/mol. The first-order chi connectivity index (χ1) is 7.84. The minimum absolute atomic E-state index is 0.771. The Labute approximate surface area is 102 Å². The summed E-state index contributed by atoms with van der Waals surface area (Å²) in [5.41, 5.74) is 2.77. The van der Waals surface area contributed by atoms with Crippen molar-refractivity contribution in [3.05, 3.63) is 21.9 Å². The molecule has 1 aromatic rings. The molecule has 4 heteroatoms. The van der Waals surface area contributed by atoms with Crippen LogP contribution in [0.25, 0.3) is 0 Å². The highest BCUT2D eigenvalue weighted by molar-refractivity contribution is 7.08. The van der Waals surface area contributed by atoms with Crippen molar-refractivity contribution in [2.45, 2.75) is 19.9 Å². The Morgan fingerprint density at radius 1 is 1.25 bits per heavy atom. The summed E-state index contributed by atoms with van der Waals surface area (Å²) < 4.78 is 10.4. The average molecular weight is 243 g/mol. The highest BCUT2D eigenvalue weighted by atomic mass is 32.1. The van der Waals surface area contributed by atoms with Gasteiger partial charge in [0.05, 0.1) is 6.61 Å². The summed E-state index contributed by atoms with van der Waals surface area (Å²) in [4.78, 5) is 0. The van der Waals surface area contributed by atoms with Crippen molar-refractivity contribution in [1.82, 2.24) is 5.32 Å². The Morgan fingerprint density at radius 3 is 2.81 bits per heavy atom. The number of ether oxygens (including phenoxy) is 2. The van der Waals surface area contributed by atoms with Gasteiger partial charge in [0.15, 0.2) is 0 Å². The van der Waals surface area contributed by atoms with Crippen LogP contribution in [0.1, 0.15) is 17.5 Å². The fourth-order valence-corrected chi connectivity index (χ4v) is 2.20. The van der Waals surface area contributed by atoms with E-state index in [1.54, 1.807) is 18.4 Å². The molecule has 0 aliphatic carbocycles. The van der Waals surface area contributed by atoms with Gasteiger partial charge in [-0.1, -0.05) is 0 Å². The van der Waals surface area contributed by atoms with Gasteiger partial charge in [-0.15, -0.1) is 0 Å². The maximum Gasteiger partial charge on any atom is 0.0591 e. The summed E-state index contributed by atoms with van der Waals surface area (Å²) >= 11 is 1.76. The number of nitrogens with one attached hydrogen (secondary N) is 1. The summed E-state index contributed by atoms with van der Waals surface area (Å²) in [5, 5.41) is 7.74. The van der Waals surface area contributed by atoms with E-state index in [2.05, 4.69) is 23.0 Å². The molecule has 0 unspecified atom stereocenters. The molecule has 1 aromatic heterocycles. The number of aryl methyl sites for hydroxylation is 1. The lowest BCUT2D eigenvalue weighted by Gasteiger charge is -2.05. The second-order valence-electron chi connectivity index (χ2n) is 3.72. The van der Waals surface area contributed by atoms with Crippen molar-refractivity contribution in [1.29, 1.82) is 0 Å². The van der Waals surface area contributed by atoms with Crippen LogP contribution in [0, 0.1) is 6.92 Å². The Morgan fingerprint density at radius 2 is 2.12 bits per heavy atom. The maximum absolute atomic E-state index is 5.45. The highest BCUT2D eigenvalue weighted by Gasteiger charge is 1.97. The molecular formula is C12H21NO2S. The van der Waals surface area contributed by atoms with Crippen LogP contribution in [-0.4, -0.2) is 33.5 Å². The molecule has 1 N–H and O–H groups in total. The van der Waals surface area contributed by atoms with Crippen LogP contribution in [0.3, 0.4) is 0 Å². The first-order valence-corrected chi connectivity index (χ1v) is 6.58. The molecule has 0 radical (unpaired) electrons. The van der Waals surface area contributed by atoms with Crippen molar-refractivity contribution in [2.24, 2.45) is 0 Å². The molecule has 1 heterocycles. The first-order valence-electron chi connectivity index (χ1n) is 5.63. The van der Waals surface area contributed by atoms with E-state index >= 15 is 0 Å². The molecule has 92 valence electrons. The predicted molar refractivity (Wildman–Crippen MR) is 68.1 cm³/mol. The Bertz CT molecular complexity index is 276. The SMILES string of the molecule is COCCCOCCNCc1cscc1C. The summed E-state index contributed by atoms with van der Waals surface area (Å²) in [7, 11) is 1.71. The molecule has 0 fully saturated rings. The van der Waals surface area contributed by atoms with E-state index < -0.39 is 0 Å². The van der Waals surface area contributed by atoms with Crippen LogP contribution >= 0.6 is 11.3 Å². The van der Waals surface area contributed by atoms with E-state index in [0.717, 1.165) is 39.3 Å². The van der Waals surface area contributed by atoms with E-state index in [9.17, 15) is 0 Å². The van der Waals surface area contributed by atoms with E-state index in [4.69, 9.17) is 9.47 Å². The Hall–Kier alpha value is -0.420. The van der Waals surface area contributed by atoms with Gasteiger partial charge < -0.3 is 14.8 Å². The van der Waals surface area contributed by atoms with Crippen LogP contribution in [0.2, 0.25) is 0 Å². The molecule has 0 atom stereocenters. The van der Waals surface area contributed by atoms with Crippen LogP contribution < -0.4 is 5.32 Å². The van der Waals surface area contributed by atoms with Crippen LogP contribution in [-0.2, 0) is 16.0 Å². The number of rotatable bonds is 9. The van der Waals surface area contributed by atoms with Gasteiger partial charge in [-0.3, -0.25) is 0 Å². The summed E-state index contributed by atoms with van der Waals surface area (Å²) in [6.07, 6.45) is 0.972. The number of thiophene rings is 1. The van der Waals surface area contributed by atoms with Gasteiger partial charge in [-0.05, 0) is 35.2 Å². The Kier molecular flexibility index (Phi) is 7.42. The smallest absolute Gasteiger partial charge is 0.0591 e. The summed E-state index contributed by atoms with van der Waals surface area (Å²) in [5.74, 6) is 0. The van der Waals surface area contributed by atoms with Crippen molar-refractivity contribution in [3.63, 3.8) is 0 Å². The normalized spacial score (nSPS) is 10.9. The zero-order valence-electron chi connectivity index (χ0n) is 10.1. The third-order valence-corrected chi connectivity index (χ3v) is 3.25. The lowest BCUT2D eigenvalue weighted by atomic mass is 10.2. The lowest BCUT2D eigenvalue weighted by Crippen LogP contribution is -2.19. The lowest BCUT2D eigenvalue weighted by molar-refractivity contribution is 0.104. The van der Waals surface area contributed by atoms with Gasteiger partial charge in [0.25, 0.3) is 0 Å². The second-order valence-corrected chi connectivity index (χ2v) is 4.46. The predicted octanol–water partition coefficient (Wildman–Crippen LogP) is 2.20. The van der Waals surface area contributed by atoms with Crippen molar-refractivity contribution < 1.29 is 9.47 Å². The van der Waals surface area contributed by atoms with Gasteiger partial charge in [-0.25, -0.2) is 0 Å². The molecule has 0 spiro atoms. The third kappa shape index (κ3) is 5.61. The molecule has 0 aliphatic heterocycles. The fraction of sp³-hybridized carbons (Fsp3) is 0.667. The molecule has 1 rings (SSSR count). The number of hydrogen-bond donors (Lipinski definition) is 1. The minimum Gasteiger partial charge on any atom is -0.385 e. The highest BCUT2D eigenvalue weighted by Crippen LogP contribution is 2.12. The molecule has 0 saturated heterocycles. The van der Waals surface area contributed by atoms with Crippen molar-refractivity contribution in [3.8, 4) is 0 Å². The molecule has 16 heavy (non-hydrogen) atoms. The Balaban J connectivity index is 1.91. The summed E-state index contributed by atoms with van der Waals surface area (Å²) in [6, 6.07) is 0. The van der Waals surface area contributed by atoms with Crippen molar-refractivity contribution >= 4 is 11.3 Å². The van der Waals surface area contributed by atoms with Crippen molar-refractivity contribution in [2.75, 3.05) is 33.5 Å². The molecule has 0 aromatic carbocycles. The van der Waals surface area contributed by atoms with E-state index in [1.165, 1.54) is 11.1 Å². The first kappa shape index (κ1) is 13.6.